The molecule has 120 valence electrons. The van der Waals surface area contributed by atoms with E-state index in [1.807, 2.05) is 32.9 Å². The van der Waals surface area contributed by atoms with Gasteiger partial charge >= 0.3 is 11.9 Å². The van der Waals surface area contributed by atoms with Gasteiger partial charge in [-0.3, -0.25) is 19.3 Å². The first-order chi connectivity index (χ1) is 10.2. The number of nitrogens with zero attached hydrogens (tertiary/aromatic N) is 1. The maximum absolute atomic E-state index is 12.0. The molecule has 1 amide bonds. The largest absolute Gasteiger partial charge is 0.480 e. The van der Waals surface area contributed by atoms with E-state index in [0.717, 1.165) is 21.6 Å². The van der Waals surface area contributed by atoms with Gasteiger partial charge in [0.15, 0.2) is 0 Å². The molecule has 1 aromatic carbocycles. The van der Waals surface area contributed by atoms with E-state index in [-0.39, 0.29) is 6.54 Å². The zero-order valence-corrected chi connectivity index (χ0v) is 12.8. The maximum Gasteiger partial charge on any atom is 0.317 e. The SMILES string of the molecule is Cc1cc(C)c(NC(=O)CN(CC(=O)O)CC(=O)O)c(C)c1. The van der Waals surface area contributed by atoms with Gasteiger partial charge in [0.25, 0.3) is 0 Å². The summed E-state index contributed by atoms with van der Waals surface area (Å²) in [4.78, 5) is 34.5. The van der Waals surface area contributed by atoms with Crippen LogP contribution < -0.4 is 5.32 Å². The van der Waals surface area contributed by atoms with E-state index in [9.17, 15) is 14.4 Å². The Balaban J connectivity index is 2.79. The zero-order valence-electron chi connectivity index (χ0n) is 12.8. The molecule has 0 heterocycles. The molecule has 0 aliphatic carbocycles. The Kier molecular flexibility index (Phi) is 6.06. The first-order valence-electron chi connectivity index (χ1n) is 6.72. The van der Waals surface area contributed by atoms with Crippen LogP contribution >= 0.6 is 0 Å². The number of nitrogens with one attached hydrogen (secondary N) is 1. The van der Waals surface area contributed by atoms with Crippen molar-refractivity contribution in [3.05, 3.63) is 28.8 Å². The normalized spacial score (nSPS) is 10.5. The van der Waals surface area contributed by atoms with Crippen LogP contribution in [-0.4, -0.2) is 52.6 Å². The Bertz CT molecular complexity index is 559. The van der Waals surface area contributed by atoms with Crippen LogP contribution in [-0.2, 0) is 14.4 Å². The second-order valence-corrected chi connectivity index (χ2v) is 5.25. The molecular formula is C15H20N2O5. The summed E-state index contributed by atoms with van der Waals surface area (Å²) in [5, 5.41) is 20.2. The van der Waals surface area contributed by atoms with E-state index in [1.54, 1.807) is 0 Å². The van der Waals surface area contributed by atoms with Crippen LogP contribution in [0.5, 0.6) is 0 Å². The molecule has 3 N–H and O–H groups in total. The fourth-order valence-corrected chi connectivity index (χ4v) is 2.31. The van der Waals surface area contributed by atoms with Gasteiger partial charge in [0.05, 0.1) is 19.6 Å². The molecule has 0 atom stereocenters. The molecule has 0 aliphatic heterocycles. The van der Waals surface area contributed by atoms with Crippen molar-refractivity contribution in [3.8, 4) is 0 Å². The number of amides is 1. The number of carboxylic acid groups (broad SMARTS) is 2. The van der Waals surface area contributed by atoms with Crippen LogP contribution in [0.1, 0.15) is 16.7 Å². The van der Waals surface area contributed by atoms with Gasteiger partial charge in [0.2, 0.25) is 5.91 Å². The maximum atomic E-state index is 12.0. The third-order valence-corrected chi connectivity index (χ3v) is 3.03. The summed E-state index contributed by atoms with van der Waals surface area (Å²) in [7, 11) is 0. The number of anilines is 1. The Labute approximate surface area is 128 Å². The second kappa shape index (κ2) is 7.56. The Morgan fingerprint density at radius 3 is 1.82 bits per heavy atom. The molecule has 0 saturated carbocycles. The first kappa shape index (κ1) is 17.6. The molecule has 0 bridgehead atoms. The van der Waals surface area contributed by atoms with Gasteiger partial charge in [-0.2, -0.15) is 0 Å². The molecule has 7 nitrogen and oxygen atoms in total. The lowest BCUT2D eigenvalue weighted by molar-refractivity contribution is -0.142. The van der Waals surface area contributed by atoms with Gasteiger partial charge < -0.3 is 15.5 Å². The van der Waals surface area contributed by atoms with Gasteiger partial charge in [-0.15, -0.1) is 0 Å². The smallest absolute Gasteiger partial charge is 0.317 e. The van der Waals surface area contributed by atoms with Crippen molar-refractivity contribution < 1.29 is 24.6 Å². The Hall–Kier alpha value is -2.41. The molecule has 7 heteroatoms. The van der Waals surface area contributed by atoms with Crippen LogP contribution in [0.25, 0.3) is 0 Å². The number of aliphatic carboxylic acids is 2. The van der Waals surface area contributed by atoms with Crippen molar-refractivity contribution in [1.82, 2.24) is 4.90 Å². The van der Waals surface area contributed by atoms with E-state index >= 15 is 0 Å². The number of carboxylic acids is 2. The van der Waals surface area contributed by atoms with Crippen LogP contribution in [0.15, 0.2) is 12.1 Å². The minimum Gasteiger partial charge on any atom is -0.480 e. The van der Waals surface area contributed by atoms with Crippen molar-refractivity contribution in [1.29, 1.82) is 0 Å². The molecule has 1 aromatic rings. The van der Waals surface area contributed by atoms with Gasteiger partial charge in [-0.25, -0.2) is 0 Å². The predicted octanol–water partition coefficient (Wildman–Crippen LogP) is 1.02. The predicted molar refractivity (Wildman–Crippen MR) is 81.0 cm³/mol. The summed E-state index contributed by atoms with van der Waals surface area (Å²) in [6, 6.07) is 3.85. The van der Waals surface area contributed by atoms with Crippen LogP contribution in [0.4, 0.5) is 5.69 Å². The summed E-state index contributed by atoms with van der Waals surface area (Å²) < 4.78 is 0. The Morgan fingerprint density at radius 1 is 0.955 bits per heavy atom. The summed E-state index contributed by atoms with van der Waals surface area (Å²) in [6.45, 7) is 4.36. The lowest BCUT2D eigenvalue weighted by Gasteiger charge is -2.19. The zero-order chi connectivity index (χ0) is 16.9. The number of benzene rings is 1. The highest BCUT2D eigenvalue weighted by molar-refractivity contribution is 5.94. The number of carbonyl (C=O) groups excluding carboxylic acids is 1. The van der Waals surface area contributed by atoms with E-state index in [0.29, 0.717) is 5.69 Å². The lowest BCUT2D eigenvalue weighted by Crippen LogP contribution is -2.40. The molecule has 0 spiro atoms. The number of hydrogen-bond acceptors (Lipinski definition) is 4. The first-order valence-corrected chi connectivity index (χ1v) is 6.72. The van der Waals surface area contributed by atoms with E-state index < -0.39 is 30.9 Å². The lowest BCUT2D eigenvalue weighted by atomic mass is 10.1. The van der Waals surface area contributed by atoms with Crippen molar-refractivity contribution in [2.45, 2.75) is 20.8 Å². The van der Waals surface area contributed by atoms with Crippen LogP contribution in [0.2, 0.25) is 0 Å². The highest BCUT2D eigenvalue weighted by atomic mass is 16.4. The van der Waals surface area contributed by atoms with Crippen molar-refractivity contribution in [2.75, 3.05) is 25.0 Å². The summed E-state index contributed by atoms with van der Waals surface area (Å²) in [6.07, 6.45) is 0. The summed E-state index contributed by atoms with van der Waals surface area (Å²) in [5.41, 5.74) is 3.54. The molecule has 1 rings (SSSR count). The average Bonchev–Trinajstić information content (AvgIpc) is 2.31. The number of hydrogen-bond donors (Lipinski definition) is 3. The van der Waals surface area contributed by atoms with Gasteiger partial charge in [0, 0.05) is 5.69 Å². The van der Waals surface area contributed by atoms with Gasteiger partial charge in [-0.1, -0.05) is 17.7 Å². The standard InChI is InChI=1S/C15H20N2O5/c1-9-4-10(2)15(11(3)5-9)16-12(18)6-17(7-13(19)20)8-14(21)22/h4-5H,6-8H2,1-3H3,(H,16,18)(H,19,20)(H,21,22). The molecule has 0 saturated heterocycles. The molecule has 22 heavy (non-hydrogen) atoms. The monoisotopic (exact) mass is 308 g/mol. The molecule has 0 aromatic heterocycles. The van der Waals surface area contributed by atoms with Crippen LogP contribution in [0, 0.1) is 20.8 Å². The van der Waals surface area contributed by atoms with Crippen LogP contribution in [0.3, 0.4) is 0 Å². The minimum atomic E-state index is -1.18. The second-order valence-electron chi connectivity index (χ2n) is 5.25. The highest BCUT2D eigenvalue weighted by Gasteiger charge is 2.18. The summed E-state index contributed by atoms with van der Waals surface area (Å²) in [5.74, 6) is -2.81. The fraction of sp³-hybridized carbons (Fsp3) is 0.400. The number of carbonyl (C=O) groups is 3. The topological polar surface area (TPSA) is 107 Å². The average molecular weight is 308 g/mol. The van der Waals surface area contributed by atoms with E-state index in [1.165, 1.54) is 0 Å². The number of rotatable bonds is 7. The van der Waals surface area contributed by atoms with Gasteiger partial charge in [-0.05, 0) is 31.9 Å². The molecule has 0 radical (unpaired) electrons. The fourth-order valence-electron chi connectivity index (χ4n) is 2.31. The molecular weight excluding hydrogens is 288 g/mol. The van der Waals surface area contributed by atoms with Crippen molar-refractivity contribution in [3.63, 3.8) is 0 Å². The highest BCUT2D eigenvalue weighted by Crippen LogP contribution is 2.21. The van der Waals surface area contributed by atoms with E-state index in [2.05, 4.69) is 5.32 Å². The summed E-state index contributed by atoms with van der Waals surface area (Å²) >= 11 is 0. The van der Waals surface area contributed by atoms with Gasteiger partial charge in [0.1, 0.15) is 0 Å². The minimum absolute atomic E-state index is 0.300. The van der Waals surface area contributed by atoms with E-state index in [4.69, 9.17) is 10.2 Å². The third-order valence-electron chi connectivity index (χ3n) is 3.03. The number of aryl methyl sites for hydroxylation is 3. The Morgan fingerprint density at radius 2 is 1.41 bits per heavy atom. The molecule has 0 aliphatic rings. The quantitative estimate of drug-likeness (QED) is 0.694. The van der Waals surface area contributed by atoms with Crippen molar-refractivity contribution >= 4 is 23.5 Å². The molecule has 0 fully saturated rings. The molecule has 0 unspecified atom stereocenters. The van der Waals surface area contributed by atoms with Crippen molar-refractivity contribution in [2.24, 2.45) is 0 Å². The third kappa shape index (κ3) is 5.53.